The molecule has 21 heavy (non-hydrogen) atoms. The van der Waals surface area contributed by atoms with E-state index in [0.29, 0.717) is 25.9 Å². The number of aryl methyl sites for hydroxylation is 1. The first kappa shape index (κ1) is 16.3. The number of nitrogens with zero attached hydrogens (tertiary/aromatic N) is 2. The lowest BCUT2D eigenvalue weighted by atomic mass is 10.0. The van der Waals surface area contributed by atoms with Crippen LogP contribution in [0.15, 0.2) is 6.20 Å². The van der Waals surface area contributed by atoms with Crippen molar-refractivity contribution in [1.29, 1.82) is 0 Å². The van der Waals surface area contributed by atoms with Crippen LogP contribution in [0, 0.1) is 0 Å². The van der Waals surface area contributed by atoms with Gasteiger partial charge in [0.1, 0.15) is 5.82 Å². The first-order chi connectivity index (χ1) is 10.3. The number of hydrogen-bond acceptors (Lipinski definition) is 5. The van der Waals surface area contributed by atoms with Gasteiger partial charge in [0.15, 0.2) is 0 Å². The number of methoxy groups -OCH3 is 1. The van der Waals surface area contributed by atoms with Crippen molar-refractivity contribution in [2.24, 2.45) is 0 Å². The number of hydrogen-bond donors (Lipinski definition) is 1. The normalized spacial score (nSPS) is 18.3. The fourth-order valence-electron chi connectivity index (χ4n) is 2.74. The molecule has 0 saturated carbocycles. The molecule has 1 aliphatic rings. The number of ether oxygens (including phenoxy) is 2. The zero-order chi connectivity index (χ0) is 14.9. The largest absolute Gasteiger partial charge is 0.382 e. The lowest BCUT2D eigenvalue weighted by Crippen LogP contribution is -2.22. The molecule has 0 saturated heterocycles. The summed E-state index contributed by atoms with van der Waals surface area (Å²) in [7, 11) is 1.68. The van der Waals surface area contributed by atoms with Crippen LogP contribution in [0.1, 0.15) is 49.3 Å². The van der Waals surface area contributed by atoms with E-state index in [1.54, 1.807) is 7.11 Å². The molecule has 0 aliphatic heterocycles. The van der Waals surface area contributed by atoms with Crippen LogP contribution in [0.4, 0.5) is 0 Å². The Balaban J connectivity index is 1.95. The molecule has 5 nitrogen and oxygen atoms in total. The quantitative estimate of drug-likeness (QED) is 0.587. The predicted octanol–water partition coefficient (Wildman–Crippen LogP) is 2.06. The minimum absolute atomic E-state index is 0.416. The maximum atomic E-state index is 5.49. The molecule has 1 heterocycles. The molecular formula is C16H27N3O2. The van der Waals surface area contributed by atoms with Crippen LogP contribution in [-0.2, 0) is 22.3 Å². The summed E-state index contributed by atoms with van der Waals surface area (Å²) in [4.78, 5) is 9.28. The fourth-order valence-corrected chi connectivity index (χ4v) is 2.74. The third-order valence-corrected chi connectivity index (χ3v) is 3.83. The van der Waals surface area contributed by atoms with E-state index < -0.39 is 0 Å². The highest BCUT2D eigenvalue weighted by atomic mass is 16.5. The Kier molecular flexibility index (Phi) is 7.06. The van der Waals surface area contributed by atoms with Crippen LogP contribution in [0.3, 0.4) is 0 Å². The smallest absolute Gasteiger partial charge is 0.130 e. The third-order valence-electron chi connectivity index (χ3n) is 3.83. The van der Waals surface area contributed by atoms with Gasteiger partial charge in [0.05, 0.1) is 19.8 Å². The van der Waals surface area contributed by atoms with Crippen LogP contribution < -0.4 is 5.32 Å². The average molecular weight is 293 g/mol. The molecule has 1 unspecified atom stereocenters. The maximum Gasteiger partial charge on any atom is 0.130 e. The Hall–Kier alpha value is -1.04. The van der Waals surface area contributed by atoms with Gasteiger partial charge in [0.25, 0.3) is 0 Å². The SMILES string of the molecule is CCNC1CCCCc2nc(CCOCCOC)ncc21. The van der Waals surface area contributed by atoms with E-state index in [-0.39, 0.29) is 0 Å². The Bertz CT molecular complexity index is 426. The van der Waals surface area contributed by atoms with Crippen molar-refractivity contribution in [3.63, 3.8) is 0 Å². The van der Waals surface area contributed by atoms with E-state index in [1.165, 1.54) is 30.5 Å². The lowest BCUT2D eigenvalue weighted by Gasteiger charge is -2.17. The van der Waals surface area contributed by atoms with E-state index in [1.807, 2.05) is 6.20 Å². The van der Waals surface area contributed by atoms with Crippen molar-refractivity contribution < 1.29 is 9.47 Å². The Labute approximate surface area is 127 Å². The first-order valence-corrected chi connectivity index (χ1v) is 8.00. The van der Waals surface area contributed by atoms with E-state index in [0.717, 1.165) is 25.2 Å². The van der Waals surface area contributed by atoms with E-state index in [2.05, 4.69) is 17.2 Å². The van der Waals surface area contributed by atoms with Gasteiger partial charge in [-0.1, -0.05) is 13.3 Å². The second-order valence-corrected chi connectivity index (χ2v) is 5.40. The Morgan fingerprint density at radius 2 is 2.19 bits per heavy atom. The molecule has 0 radical (unpaired) electrons. The predicted molar refractivity (Wildman–Crippen MR) is 82.4 cm³/mol. The van der Waals surface area contributed by atoms with Gasteiger partial charge in [-0.05, 0) is 25.8 Å². The molecule has 1 aliphatic carbocycles. The van der Waals surface area contributed by atoms with Gasteiger partial charge in [0.2, 0.25) is 0 Å². The molecule has 2 rings (SSSR count). The summed E-state index contributed by atoms with van der Waals surface area (Å²) in [5.74, 6) is 0.892. The molecule has 1 aromatic rings. The molecule has 0 fully saturated rings. The monoisotopic (exact) mass is 293 g/mol. The Morgan fingerprint density at radius 1 is 1.29 bits per heavy atom. The number of aromatic nitrogens is 2. The summed E-state index contributed by atoms with van der Waals surface area (Å²) in [6.07, 6.45) is 7.51. The van der Waals surface area contributed by atoms with Crippen LogP contribution in [0.2, 0.25) is 0 Å². The Morgan fingerprint density at radius 3 is 3.00 bits per heavy atom. The summed E-state index contributed by atoms with van der Waals surface area (Å²) in [5.41, 5.74) is 2.51. The molecule has 0 aromatic carbocycles. The van der Waals surface area contributed by atoms with Crippen molar-refractivity contribution in [3.8, 4) is 0 Å². The molecule has 0 amide bonds. The van der Waals surface area contributed by atoms with Crippen molar-refractivity contribution >= 4 is 0 Å². The van der Waals surface area contributed by atoms with Gasteiger partial charge in [0, 0.05) is 37.0 Å². The van der Waals surface area contributed by atoms with Crippen LogP contribution in [0.25, 0.3) is 0 Å². The molecule has 1 atom stereocenters. The second-order valence-electron chi connectivity index (χ2n) is 5.40. The zero-order valence-corrected chi connectivity index (χ0v) is 13.2. The molecule has 0 spiro atoms. The fraction of sp³-hybridized carbons (Fsp3) is 0.750. The van der Waals surface area contributed by atoms with Crippen molar-refractivity contribution in [2.75, 3.05) is 33.5 Å². The van der Waals surface area contributed by atoms with E-state index in [4.69, 9.17) is 14.5 Å². The van der Waals surface area contributed by atoms with Gasteiger partial charge in [-0.2, -0.15) is 0 Å². The van der Waals surface area contributed by atoms with Crippen LogP contribution >= 0.6 is 0 Å². The topological polar surface area (TPSA) is 56.3 Å². The minimum atomic E-state index is 0.416. The number of fused-ring (bicyclic) bond motifs is 1. The molecule has 1 aromatic heterocycles. The second kappa shape index (κ2) is 9.07. The van der Waals surface area contributed by atoms with Gasteiger partial charge in [-0.25, -0.2) is 9.97 Å². The highest BCUT2D eigenvalue weighted by molar-refractivity contribution is 5.23. The van der Waals surface area contributed by atoms with Crippen molar-refractivity contribution in [3.05, 3.63) is 23.3 Å². The standard InChI is InChI=1S/C16H27N3O2/c1-3-17-14-6-4-5-7-15-13(14)12-18-16(19-15)8-9-21-11-10-20-2/h12,14,17H,3-11H2,1-2H3. The highest BCUT2D eigenvalue weighted by Gasteiger charge is 2.19. The van der Waals surface area contributed by atoms with E-state index in [9.17, 15) is 0 Å². The molecule has 118 valence electrons. The van der Waals surface area contributed by atoms with Gasteiger partial charge < -0.3 is 14.8 Å². The average Bonchev–Trinajstić information content (AvgIpc) is 2.70. The summed E-state index contributed by atoms with van der Waals surface area (Å²) >= 11 is 0. The minimum Gasteiger partial charge on any atom is -0.382 e. The van der Waals surface area contributed by atoms with Crippen molar-refractivity contribution in [1.82, 2.24) is 15.3 Å². The summed E-state index contributed by atoms with van der Waals surface area (Å²) in [5, 5.41) is 3.55. The van der Waals surface area contributed by atoms with Crippen LogP contribution in [-0.4, -0.2) is 43.4 Å². The van der Waals surface area contributed by atoms with Crippen LogP contribution in [0.5, 0.6) is 0 Å². The molecule has 1 N–H and O–H groups in total. The molecule has 5 heteroatoms. The van der Waals surface area contributed by atoms with Gasteiger partial charge in [-0.15, -0.1) is 0 Å². The molecular weight excluding hydrogens is 266 g/mol. The third kappa shape index (κ3) is 5.02. The first-order valence-electron chi connectivity index (χ1n) is 8.00. The highest BCUT2D eigenvalue weighted by Crippen LogP contribution is 2.26. The maximum absolute atomic E-state index is 5.49. The zero-order valence-electron chi connectivity index (χ0n) is 13.2. The summed E-state index contributed by atoms with van der Waals surface area (Å²) in [6, 6.07) is 0.416. The summed E-state index contributed by atoms with van der Waals surface area (Å²) in [6.45, 7) is 5.05. The lowest BCUT2D eigenvalue weighted by molar-refractivity contribution is 0.0716. The number of nitrogens with one attached hydrogen (secondary N) is 1. The molecule has 0 bridgehead atoms. The number of rotatable bonds is 8. The van der Waals surface area contributed by atoms with E-state index >= 15 is 0 Å². The summed E-state index contributed by atoms with van der Waals surface area (Å²) < 4.78 is 10.4. The van der Waals surface area contributed by atoms with Gasteiger partial charge in [-0.3, -0.25) is 0 Å². The van der Waals surface area contributed by atoms with Gasteiger partial charge >= 0.3 is 0 Å². The van der Waals surface area contributed by atoms with Crippen molar-refractivity contribution in [2.45, 2.75) is 45.1 Å².